The summed E-state index contributed by atoms with van der Waals surface area (Å²) in [4.78, 5) is 12.0. The average molecular weight is 322 g/mol. The smallest absolute Gasteiger partial charge is 0.407 e. The van der Waals surface area contributed by atoms with Crippen LogP contribution in [0.1, 0.15) is 41.0 Å². The zero-order valence-corrected chi connectivity index (χ0v) is 14.8. The SMILES string of the molecule is CC(C)CC(NC(=O)OC(C)(C)C)C(O)CNc1ccccc1. The minimum atomic E-state index is -0.704. The molecular formula is C18H30N2O3. The third-order valence-corrected chi connectivity index (χ3v) is 3.18. The van der Waals surface area contributed by atoms with Crippen LogP contribution in [0.2, 0.25) is 0 Å². The Morgan fingerprint density at radius 3 is 2.35 bits per heavy atom. The van der Waals surface area contributed by atoms with Crippen molar-refractivity contribution in [3.05, 3.63) is 30.3 Å². The van der Waals surface area contributed by atoms with Gasteiger partial charge < -0.3 is 20.5 Å². The van der Waals surface area contributed by atoms with Crippen LogP contribution in [0.5, 0.6) is 0 Å². The molecule has 1 amide bonds. The Morgan fingerprint density at radius 2 is 1.83 bits per heavy atom. The van der Waals surface area contributed by atoms with E-state index in [4.69, 9.17) is 4.74 Å². The Bertz CT molecular complexity index is 469. The van der Waals surface area contributed by atoms with Crippen LogP contribution < -0.4 is 10.6 Å². The Morgan fingerprint density at radius 1 is 1.22 bits per heavy atom. The third kappa shape index (κ3) is 8.45. The van der Waals surface area contributed by atoms with Crippen molar-refractivity contribution < 1.29 is 14.6 Å². The molecule has 1 aromatic rings. The minimum absolute atomic E-state index is 0.348. The summed E-state index contributed by atoms with van der Waals surface area (Å²) in [5, 5.41) is 16.4. The van der Waals surface area contributed by atoms with Gasteiger partial charge in [-0.05, 0) is 45.2 Å². The minimum Gasteiger partial charge on any atom is -0.444 e. The quantitative estimate of drug-likeness (QED) is 0.719. The van der Waals surface area contributed by atoms with E-state index in [9.17, 15) is 9.90 Å². The summed E-state index contributed by atoms with van der Waals surface area (Å²) in [5.74, 6) is 0.348. The maximum absolute atomic E-state index is 12.0. The molecule has 130 valence electrons. The molecule has 1 aromatic carbocycles. The van der Waals surface area contributed by atoms with Crippen molar-refractivity contribution >= 4 is 11.8 Å². The van der Waals surface area contributed by atoms with E-state index in [-0.39, 0.29) is 6.04 Å². The Hall–Kier alpha value is -1.75. The van der Waals surface area contributed by atoms with Crippen LogP contribution in [-0.2, 0) is 4.74 Å². The van der Waals surface area contributed by atoms with Gasteiger partial charge >= 0.3 is 6.09 Å². The van der Waals surface area contributed by atoms with Crippen molar-refractivity contribution in [2.24, 2.45) is 5.92 Å². The Kier molecular flexibility index (Phi) is 7.36. The highest BCUT2D eigenvalue weighted by Gasteiger charge is 2.25. The van der Waals surface area contributed by atoms with Crippen molar-refractivity contribution in [2.45, 2.75) is 58.8 Å². The van der Waals surface area contributed by atoms with Crippen molar-refractivity contribution in [2.75, 3.05) is 11.9 Å². The molecule has 0 aliphatic rings. The molecule has 0 saturated heterocycles. The Labute approximate surface area is 139 Å². The lowest BCUT2D eigenvalue weighted by atomic mass is 9.99. The van der Waals surface area contributed by atoms with Crippen LogP contribution in [0.4, 0.5) is 10.5 Å². The molecule has 0 aliphatic carbocycles. The first-order valence-corrected chi connectivity index (χ1v) is 8.14. The first kappa shape index (κ1) is 19.3. The fourth-order valence-corrected chi connectivity index (χ4v) is 2.20. The van der Waals surface area contributed by atoms with Gasteiger partial charge in [-0.25, -0.2) is 4.79 Å². The summed E-state index contributed by atoms with van der Waals surface area (Å²) in [6.07, 6.45) is -0.524. The largest absolute Gasteiger partial charge is 0.444 e. The number of aliphatic hydroxyl groups is 1. The van der Waals surface area contributed by atoms with E-state index < -0.39 is 17.8 Å². The summed E-state index contributed by atoms with van der Waals surface area (Å²) in [7, 11) is 0. The predicted octanol–water partition coefficient (Wildman–Crippen LogP) is 3.40. The highest BCUT2D eigenvalue weighted by molar-refractivity contribution is 5.68. The summed E-state index contributed by atoms with van der Waals surface area (Å²) >= 11 is 0. The lowest BCUT2D eigenvalue weighted by Gasteiger charge is -2.28. The van der Waals surface area contributed by atoms with Gasteiger partial charge in [-0.15, -0.1) is 0 Å². The molecule has 0 heterocycles. The number of alkyl carbamates (subject to hydrolysis) is 1. The van der Waals surface area contributed by atoms with Crippen molar-refractivity contribution in [3.8, 4) is 0 Å². The van der Waals surface area contributed by atoms with Gasteiger partial charge in [0, 0.05) is 12.2 Å². The van der Waals surface area contributed by atoms with E-state index in [0.29, 0.717) is 18.9 Å². The molecule has 23 heavy (non-hydrogen) atoms. The number of hydrogen-bond acceptors (Lipinski definition) is 4. The van der Waals surface area contributed by atoms with Crippen LogP contribution in [0.15, 0.2) is 30.3 Å². The van der Waals surface area contributed by atoms with Gasteiger partial charge in [0.1, 0.15) is 5.60 Å². The van der Waals surface area contributed by atoms with Gasteiger partial charge in [-0.3, -0.25) is 0 Å². The topological polar surface area (TPSA) is 70.6 Å². The number of para-hydroxylation sites is 1. The molecule has 0 fully saturated rings. The third-order valence-electron chi connectivity index (χ3n) is 3.18. The second-order valence-electron chi connectivity index (χ2n) is 7.20. The molecule has 0 spiro atoms. The zero-order chi connectivity index (χ0) is 17.5. The number of benzene rings is 1. The van der Waals surface area contributed by atoms with Crippen LogP contribution in [0.25, 0.3) is 0 Å². The Balaban J connectivity index is 2.59. The van der Waals surface area contributed by atoms with Crippen LogP contribution in [0.3, 0.4) is 0 Å². The molecule has 2 atom stereocenters. The molecule has 0 bridgehead atoms. The molecule has 0 aromatic heterocycles. The van der Waals surface area contributed by atoms with Crippen molar-refractivity contribution in [3.63, 3.8) is 0 Å². The van der Waals surface area contributed by atoms with E-state index in [1.807, 2.05) is 51.1 Å². The van der Waals surface area contributed by atoms with E-state index in [0.717, 1.165) is 5.69 Å². The molecule has 5 nitrogen and oxygen atoms in total. The van der Waals surface area contributed by atoms with Gasteiger partial charge in [0.05, 0.1) is 12.1 Å². The second kappa shape index (κ2) is 8.77. The summed E-state index contributed by atoms with van der Waals surface area (Å²) in [6.45, 7) is 9.92. The molecule has 5 heteroatoms. The number of nitrogens with one attached hydrogen (secondary N) is 2. The highest BCUT2D eigenvalue weighted by atomic mass is 16.6. The number of ether oxygens (including phenoxy) is 1. The molecule has 2 unspecified atom stereocenters. The summed E-state index contributed by atoms with van der Waals surface area (Å²) in [6, 6.07) is 9.31. The van der Waals surface area contributed by atoms with Gasteiger partial charge in [0.15, 0.2) is 0 Å². The number of carbonyl (C=O) groups excluding carboxylic acids is 1. The van der Waals surface area contributed by atoms with E-state index in [1.165, 1.54) is 0 Å². The highest BCUT2D eigenvalue weighted by Crippen LogP contribution is 2.13. The van der Waals surface area contributed by atoms with Crippen molar-refractivity contribution in [1.82, 2.24) is 5.32 Å². The maximum Gasteiger partial charge on any atom is 0.407 e. The van der Waals surface area contributed by atoms with Gasteiger partial charge in [0.2, 0.25) is 0 Å². The predicted molar refractivity (Wildman–Crippen MR) is 93.6 cm³/mol. The fraction of sp³-hybridized carbons (Fsp3) is 0.611. The lowest BCUT2D eigenvalue weighted by Crippen LogP contribution is -2.48. The normalized spacial score (nSPS) is 14.2. The van der Waals surface area contributed by atoms with Crippen LogP contribution in [0, 0.1) is 5.92 Å². The lowest BCUT2D eigenvalue weighted by molar-refractivity contribution is 0.0417. The number of aliphatic hydroxyl groups excluding tert-OH is 1. The zero-order valence-electron chi connectivity index (χ0n) is 14.8. The van der Waals surface area contributed by atoms with Gasteiger partial charge in [0.25, 0.3) is 0 Å². The number of rotatable bonds is 7. The average Bonchev–Trinajstić information content (AvgIpc) is 2.42. The number of hydrogen-bond donors (Lipinski definition) is 3. The van der Waals surface area contributed by atoms with Gasteiger partial charge in [-0.2, -0.15) is 0 Å². The first-order chi connectivity index (χ1) is 10.7. The van der Waals surface area contributed by atoms with Crippen LogP contribution in [-0.4, -0.2) is 35.5 Å². The van der Waals surface area contributed by atoms with E-state index >= 15 is 0 Å². The monoisotopic (exact) mass is 322 g/mol. The summed E-state index contributed by atoms with van der Waals surface area (Å²) < 4.78 is 5.28. The van der Waals surface area contributed by atoms with E-state index in [1.54, 1.807) is 0 Å². The van der Waals surface area contributed by atoms with Crippen LogP contribution >= 0.6 is 0 Å². The molecule has 1 rings (SSSR count). The second-order valence-corrected chi connectivity index (χ2v) is 7.20. The molecular weight excluding hydrogens is 292 g/mol. The van der Waals surface area contributed by atoms with Crippen molar-refractivity contribution in [1.29, 1.82) is 0 Å². The number of carbonyl (C=O) groups is 1. The fourth-order valence-electron chi connectivity index (χ4n) is 2.20. The summed E-state index contributed by atoms with van der Waals surface area (Å²) in [5.41, 5.74) is 0.381. The van der Waals surface area contributed by atoms with E-state index in [2.05, 4.69) is 24.5 Å². The molecule has 0 radical (unpaired) electrons. The number of amides is 1. The molecule has 3 N–H and O–H groups in total. The molecule has 0 saturated carbocycles. The standard InChI is InChI=1S/C18H30N2O3/c1-13(2)11-15(20-17(22)23-18(3,4)5)16(21)12-19-14-9-7-6-8-10-14/h6-10,13,15-16,19,21H,11-12H2,1-5H3,(H,20,22). The maximum atomic E-state index is 12.0. The number of anilines is 1. The molecule has 0 aliphatic heterocycles. The van der Waals surface area contributed by atoms with Gasteiger partial charge in [-0.1, -0.05) is 32.0 Å². The first-order valence-electron chi connectivity index (χ1n) is 8.14.